The maximum atomic E-state index is 14.5. The predicted molar refractivity (Wildman–Crippen MR) is 345 cm³/mol. The fourth-order valence-corrected chi connectivity index (χ4v) is 11.6. The number of anilines is 1. The van der Waals surface area contributed by atoms with E-state index in [1.807, 2.05) is 138 Å². The summed E-state index contributed by atoms with van der Waals surface area (Å²) in [7, 11) is 5.11. The normalized spacial score (nSPS) is 14.0. The van der Waals surface area contributed by atoms with Gasteiger partial charge in [0.2, 0.25) is 23.6 Å². The summed E-state index contributed by atoms with van der Waals surface area (Å²) in [6.45, 7) is 4.65. The van der Waals surface area contributed by atoms with E-state index in [0.717, 1.165) is 82.6 Å². The Morgan fingerprint density at radius 3 is 2.16 bits per heavy atom. The van der Waals surface area contributed by atoms with E-state index in [0.29, 0.717) is 24.9 Å². The van der Waals surface area contributed by atoms with Crippen molar-refractivity contribution in [2.75, 3.05) is 32.9 Å². The van der Waals surface area contributed by atoms with Gasteiger partial charge in [0.1, 0.15) is 22.7 Å². The number of thiazole rings is 1. The molecule has 4 atom stereocenters. The summed E-state index contributed by atoms with van der Waals surface area (Å²) in [6.07, 6.45) is 6.45. The third-order valence-corrected chi connectivity index (χ3v) is 16.4. The van der Waals surface area contributed by atoms with Gasteiger partial charge in [0.25, 0.3) is 0 Å². The Morgan fingerprint density at radius 2 is 1.39 bits per heavy atom. The lowest BCUT2D eigenvalue weighted by atomic mass is 9.99. The molecule has 7 N–H and O–H groups in total. The van der Waals surface area contributed by atoms with Crippen molar-refractivity contribution in [3.05, 3.63) is 231 Å². The van der Waals surface area contributed by atoms with Crippen molar-refractivity contribution in [3.63, 3.8) is 0 Å². The van der Waals surface area contributed by atoms with E-state index < -0.39 is 35.7 Å². The molecular weight excluding hydrogens is 1110 g/mol. The number of nitrogens with one attached hydrogen (secondary N) is 5. The van der Waals surface area contributed by atoms with Crippen LogP contribution in [-0.2, 0) is 63.3 Å². The summed E-state index contributed by atoms with van der Waals surface area (Å²) in [6, 6.07) is 52.9. The van der Waals surface area contributed by atoms with Gasteiger partial charge in [-0.2, -0.15) is 0 Å². The van der Waals surface area contributed by atoms with Crippen LogP contribution in [-0.4, -0.2) is 101 Å². The highest BCUT2D eigenvalue weighted by Gasteiger charge is 2.36. The van der Waals surface area contributed by atoms with Crippen LogP contribution < -0.4 is 32.3 Å². The first-order valence-electron chi connectivity index (χ1n) is 29.0. The standard InChI is InChI=1S/C70H70N10O6S/c1-70(2,44-74-39-47-22-20-46(21-23-47)34-59(64(81)72-3)76-41-57-43-87-67(77-57)54-16-11-15-50(36-54)51-28-29-53-37-56(71)31-30-52(53)35-51)86-69(85)49-26-24-48(25-27-49)40-75-60(33-45-13-7-6-8-14-45)65(82)78-61(68(84)80-32-12-19-63(80)66(83)73-4)38-55-42-79(5)62-18-10-9-17-58(55)62/h6-31,35-37,42-43,59-61,63,75-76H,32-34,38,40-41,44,71H2,1-5H3,(H2-,72,73,78,81,82,83)/p+1/t59-,60?,61-,63-/m0/s1. The number of nitrogens with zero attached hydrogens (tertiary/aromatic N) is 4. The number of para-hydroxylation sites is 1. The summed E-state index contributed by atoms with van der Waals surface area (Å²) >= 11 is 1.57. The van der Waals surface area contributed by atoms with Crippen LogP contribution >= 0.6 is 11.3 Å². The number of nitrogens with two attached hydrogens (primary N) is 1. The molecule has 0 saturated heterocycles. The lowest BCUT2D eigenvalue weighted by Crippen LogP contribution is -2.57. The van der Waals surface area contributed by atoms with Crippen LogP contribution in [0.5, 0.6) is 0 Å². The van der Waals surface area contributed by atoms with Crippen molar-refractivity contribution >= 4 is 68.3 Å². The zero-order valence-electron chi connectivity index (χ0n) is 49.4. The molecule has 2 aromatic heterocycles. The molecule has 10 rings (SSSR count). The topological polar surface area (TPSA) is 206 Å². The second kappa shape index (κ2) is 27.5. The SMILES string of the molecule is CNC(=O)[C@H](Cc1ccc(C#[N+]CC(C)(C)OC(=O)c2ccc(CNC(Cc3ccccc3)C(=O)N[C@@H](Cc3cn(C)c4ccccc34)C(=O)N3CC=C[C@H]3C(=O)NC)cc2)cc1)NCc1csc(-c2cccc(-c3ccc4cc(N)ccc4c3)c2)n1. The van der Waals surface area contributed by atoms with E-state index >= 15 is 0 Å². The molecule has 1 unspecified atom stereocenters. The summed E-state index contributed by atoms with van der Waals surface area (Å²) in [4.78, 5) is 79.5. The zero-order valence-corrected chi connectivity index (χ0v) is 50.2. The van der Waals surface area contributed by atoms with Crippen LogP contribution in [0.25, 0.3) is 48.2 Å². The molecule has 0 saturated carbocycles. The van der Waals surface area contributed by atoms with Gasteiger partial charge in [0, 0.05) is 80.9 Å². The Labute approximate surface area is 510 Å². The van der Waals surface area contributed by atoms with E-state index in [9.17, 15) is 24.0 Å². The number of carbonyl (C=O) groups excluding carboxylic acids is 5. The molecule has 4 amide bonds. The minimum absolute atomic E-state index is 0.131. The fourth-order valence-electron chi connectivity index (χ4n) is 10.8. The van der Waals surface area contributed by atoms with E-state index in [1.165, 1.54) is 11.9 Å². The van der Waals surface area contributed by atoms with Crippen molar-refractivity contribution in [2.24, 2.45) is 7.05 Å². The molecule has 0 spiro atoms. The van der Waals surface area contributed by atoms with Crippen molar-refractivity contribution in [1.82, 2.24) is 41.0 Å². The average Bonchev–Trinajstić information content (AvgIpc) is 3.51. The van der Waals surface area contributed by atoms with Crippen LogP contribution in [0.4, 0.5) is 5.69 Å². The van der Waals surface area contributed by atoms with E-state index in [1.54, 1.807) is 56.5 Å². The van der Waals surface area contributed by atoms with Crippen molar-refractivity contribution in [1.29, 1.82) is 0 Å². The second-order valence-corrected chi connectivity index (χ2v) is 23.3. The number of hydrogen-bond donors (Lipinski definition) is 6. The number of rotatable bonds is 22. The molecule has 87 heavy (non-hydrogen) atoms. The van der Waals surface area contributed by atoms with Gasteiger partial charge >= 0.3 is 18.6 Å². The first-order chi connectivity index (χ1) is 42.1. The zero-order chi connectivity index (χ0) is 61.0. The van der Waals surface area contributed by atoms with Crippen LogP contribution in [0.3, 0.4) is 0 Å². The lowest BCUT2D eigenvalue weighted by molar-refractivity contribution is -0.140. The van der Waals surface area contributed by atoms with Gasteiger partial charge in [-0.05, 0) is 125 Å². The number of benzene rings is 7. The highest BCUT2D eigenvalue weighted by atomic mass is 32.1. The molecule has 3 heterocycles. The quantitative estimate of drug-likeness (QED) is 0.0215. The van der Waals surface area contributed by atoms with Crippen LogP contribution in [0.1, 0.15) is 57.7 Å². The van der Waals surface area contributed by atoms with Crippen LogP contribution in [0.2, 0.25) is 0 Å². The maximum Gasteiger partial charge on any atom is 0.338 e. The average molecular weight is 1180 g/mol. The summed E-state index contributed by atoms with van der Waals surface area (Å²) in [5.74, 6) is -1.70. The van der Waals surface area contributed by atoms with Gasteiger partial charge in [0.05, 0.1) is 23.3 Å². The minimum Gasteiger partial charge on any atom is -0.448 e. The monoisotopic (exact) mass is 1180 g/mol. The number of aryl methyl sites for hydroxylation is 1. The Balaban J connectivity index is 0.723. The van der Waals surface area contributed by atoms with Crippen molar-refractivity contribution in [3.8, 4) is 27.8 Å². The smallest absolute Gasteiger partial charge is 0.338 e. The van der Waals surface area contributed by atoms with E-state index in [2.05, 4.69) is 73.9 Å². The Hall–Kier alpha value is -9.73. The van der Waals surface area contributed by atoms with Gasteiger partial charge in [-0.25, -0.2) is 9.78 Å². The largest absolute Gasteiger partial charge is 0.448 e. The molecular formula is C70H71N10O6S+. The molecule has 0 bridgehead atoms. The molecule has 16 nitrogen and oxygen atoms in total. The molecule has 442 valence electrons. The van der Waals surface area contributed by atoms with Crippen LogP contribution in [0, 0.1) is 6.07 Å². The maximum absolute atomic E-state index is 14.5. The minimum atomic E-state index is -0.983. The number of hydrogen-bond acceptors (Lipinski definition) is 11. The van der Waals surface area contributed by atoms with E-state index in [-0.39, 0.29) is 49.7 Å². The van der Waals surface area contributed by atoms with Gasteiger partial charge in [0.15, 0.2) is 5.60 Å². The number of esters is 1. The van der Waals surface area contributed by atoms with Gasteiger partial charge in [-0.3, -0.25) is 24.5 Å². The molecule has 9 aromatic rings. The summed E-state index contributed by atoms with van der Waals surface area (Å²) in [5.41, 5.74) is 15.5. The number of carbonyl (C=O) groups is 5. The molecule has 1 aliphatic heterocycles. The predicted octanol–water partition coefficient (Wildman–Crippen LogP) is 9.41. The first kappa shape index (κ1) is 60.4. The summed E-state index contributed by atoms with van der Waals surface area (Å²) < 4.78 is 7.94. The number of aromatic nitrogens is 2. The third-order valence-electron chi connectivity index (χ3n) is 15.5. The number of amides is 4. The first-order valence-corrected chi connectivity index (χ1v) is 29.9. The second-order valence-electron chi connectivity index (χ2n) is 22.4. The summed E-state index contributed by atoms with van der Waals surface area (Å²) in [5, 5.41) is 21.5. The van der Waals surface area contributed by atoms with Crippen LogP contribution in [0.15, 0.2) is 188 Å². The molecule has 0 aliphatic carbocycles. The third kappa shape index (κ3) is 15.2. The van der Waals surface area contributed by atoms with Gasteiger partial charge in [-0.15, -0.1) is 11.3 Å². The van der Waals surface area contributed by atoms with Gasteiger partial charge in [-0.1, -0.05) is 126 Å². The molecule has 1 aliphatic rings. The Morgan fingerprint density at radius 1 is 0.713 bits per heavy atom. The molecule has 0 radical (unpaired) electrons. The lowest BCUT2D eigenvalue weighted by Gasteiger charge is -2.29. The Bertz CT molecular complexity index is 4050. The van der Waals surface area contributed by atoms with E-state index in [4.69, 9.17) is 15.5 Å². The molecule has 0 fully saturated rings. The highest BCUT2D eigenvalue weighted by molar-refractivity contribution is 7.13. The Kier molecular flexibility index (Phi) is 19.1. The van der Waals surface area contributed by atoms with Crippen molar-refractivity contribution in [2.45, 2.75) is 76.0 Å². The number of likely N-dealkylation sites (N-methyl/N-ethyl adjacent to an activating group) is 2. The number of ether oxygens (including phenoxy) is 1. The number of nitrogen functional groups attached to an aromatic ring is 1. The fraction of sp³-hybridized carbons (Fsp3) is 0.243. The van der Waals surface area contributed by atoms with Crippen molar-refractivity contribution < 1.29 is 28.7 Å². The molecule has 7 aromatic carbocycles. The number of fused-ring (bicyclic) bond motifs is 2. The molecule has 17 heteroatoms. The highest BCUT2D eigenvalue weighted by Crippen LogP contribution is 2.31. The van der Waals surface area contributed by atoms with Gasteiger partial charge < -0.3 is 41.2 Å².